The summed E-state index contributed by atoms with van der Waals surface area (Å²) in [5.74, 6) is -1.88. The van der Waals surface area contributed by atoms with Crippen LogP contribution < -0.4 is 15.4 Å². The Hall–Kier alpha value is -3.09. The Morgan fingerprint density at radius 2 is 1.53 bits per heavy atom. The zero-order chi connectivity index (χ0) is 22.2. The largest absolute Gasteiger partial charge is 0.458 e. The first-order chi connectivity index (χ1) is 13.9. The van der Waals surface area contributed by atoms with E-state index in [9.17, 15) is 35.5 Å². The van der Waals surface area contributed by atoms with E-state index in [-0.39, 0.29) is 5.13 Å². The van der Waals surface area contributed by atoms with E-state index in [4.69, 9.17) is 0 Å². The highest BCUT2D eigenvalue weighted by Crippen LogP contribution is 2.44. The minimum atomic E-state index is -6.12. The second-order valence-electron chi connectivity index (χ2n) is 5.80. The van der Waals surface area contributed by atoms with E-state index in [0.29, 0.717) is 34.5 Å². The Bertz CT molecular complexity index is 1000. The van der Waals surface area contributed by atoms with Crippen LogP contribution >= 0.6 is 11.3 Å². The molecule has 1 aromatic heterocycles. The molecule has 0 atom stereocenters. The molecule has 0 aliphatic heterocycles. The number of nitrogens with zero attached hydrogens (tertiary/aromatic N) is 1. The van der Waals surface area contributed by atoms with Crippen LogP contribution in [0.15, 0.2) is 48.5 Å². The molecule has 3 rings (SSSR count). The number of fused-ring (bicyclic) bond motifs is 1. The van der Waals surface area contributed by atoms with Crippen LogP contribution in [0.1, 0.15) is 0 Å². The van der Waals surface area contributed by atoms with Gasteiger partial charge in [0.2, 0.25) is 0 Å². The van der Waals surface area contributed by atoms with Crippen LogP contribution in [-0.4, -0.2) is 29.1 Å². The predicted octanol–water partition coefficient (Wildman–Crippen LogP) is 5.46. The smallest absolute Gasteiger partial charge is 0.451 e. The Morgan fingerprint density at radius 1 is 0.933 bits per heavy atom. The number of amides is 2. The molecular weight excluding hydrogens is 443 g/mol. The number of aromatic nitrogens is 1. The van der Waals surface area contributed by atoms with Crippen molar-refractivity contribution in [3.63, 3.8) is 0 Å². The predicted molar refractivity (Wildman–Crippen MR) is 93.6 cm³/mol. The highest BCUT2D eigenvalue weighted by Gasteiger charge is 2.75. The molecule has 0 fully saturated rings. The average molecular weight is 453 g/mol. The lowest BCUT2D eigenvalue weighted by atomic mass is 10.2. The van der Waals surface area contributed by atoms with Crippen LogP contribution in [0.25, 0.3) is 10.2 Å². The summed E-state index contributed by atoms with van der Waals surface area (Å²) >= 11 is 0.844. The zero-order valence-electron chi connectivity index (χ0n) is 14.4. The van der Waals surface area contributed by atoms with Gasteiger partial charge in [-0.1, -0.05) is 23.5 Å². The summed E-state index contributed by atoms with van der Waals surface area (Å²) in [7, 11) is 0. The van der Waals surface area contributed by atoms with Gasteiger partial charge in [-0.2, -0.15) is 26.3 Å². The summed E-state index contributed by atoms with van der Waals surface area (Å²) in [6.07, 6.45) is -12.2. The molecule has 0 spiro atoms. The van der Waals surface area contributed by atoms with Gasteiger partial charge in [0.05, 0.1) is 10.2 Å². The topological polar surface area (TPSA) is 63.2 Å². The summed E-state index contributed by atoms with van der Waals surface area (Å²) in [6.45, 7) is 0. The molecule has 0 unspecified atom stereocenters. The van der Waals surface area contributed by atoms with Gasteiger partial charge in [0.15, 0.2) is 5.13 Å². The monoisotopic (exact) mass is 453 g/mol. The molecule has 30 heavy (non-hydrogen) atoms. The van der Waals surface area contributed by atoms with Crippen molar-refractivity contribution < 1.29 is 40.3 Å². The zero-order valence-corrected chi connectivity index (χ0v) is 15.3. The third kappa shape index (κ3) is 4.25. The first-order valence-electron chi connectivity index (χ1n) is 7.94. The lowest BCUT2D eigenvalue weighted by Gasteiger charge is -2.37. The summed E-state index contributed by atoms with van der Waals surface area (Å²) in [6, 6.07) is 6.88. The first-order valence-corrected chi connectivity index (χ1v) is 8.76. The van der Waals surface area contributed by atoms with E-state index in [0.717, 1.165) is 16.7 Å². The number of carbonyl (C=O) groups is 1. The molecule has 5 nitrogen and oxygen atoms in total. The fourth-order valence-electron chi connectivity index (χ4n) is 2.34. The van der Waals surface area contributed by atoms with E-state index in [1.807, 2.05) is 5.32 Å². The number of rotatable bonds is 4. The van der Waals surface area contributed by atoms with Gasteiger partial charge in [0, 0.05) is 0 Å². The number of anilines is 1. The molecular formula is C17H10F7N3O2S. The maximum Gasteiger partial charge on any atom is 0.458 e. The quantitative estimate of drug-likeness (QED) is 0.408. The number of halogens is 7. The highest BCUT2D eigenvalue weighted by molar-refractivity contribution is 7.22. The number of nitrogens with one attached hydrogen (secondary N) is 2. The van der Waals surface area contributed by atoms with Crippen molar-refractivity contribution in [2.24, 2.45) is 0 Å². The number of para-hydroxylation sites is 1. The maximum absolute atomic E-state index is 13.5. The number of hydrogen-bond donors (Lipinski definition) is 2. The Balaban J connectivity index is 1.92. The van der Waals surface area contributed by atoms with Crippen LogP contribution in [0, 0.1) is 5.82 Å². The normalized spacial score (nSPS) is 12.6. The molecule has 13 heteroatoms. The van der Waals surface area contributed by atoms with Crippen LogP contribution in [0.2, 0.25) is 0 Å². The Labute approximate surface area is 167 Å². The van der Waals surface area contributed by atoms with Gasteiger partial charge in [-0.25, -0.2) is 14.2 Å². The second kappa shape index (κ2) is 7.63. The summed E-state index contributed by atoms with van der Waals surface area (Å²) < 4.78 is 98.8. The summed E-state index contributed by atoms with van der Waals surface area (Å²) in [4.78, 5) is 15.9. The number of hydrogen-bond acceptors (Lipinski definition) is 4. The first kappa shape index (κ1) is 21.6. The van der Waals surface area contributed by atoms with E-state index in [1.165, 1.54) is 0 Å². The van der Waals surface area contributed by atoms with Crippen molar-refractivity contribution in [1.29, 1.82) is 0 Å². The number of carbonyl (C=O) groups excluding carboxylic acids is 1. The minimum absolute atomic E-state index is 0.228. The third-order valence-electron chi connectivity index (χ3n) is 3.69. The van der Waals surface area contributed by atoms with Gasteiger partial charge in [0.1, 0.15) is 11.6 Å². The van der Waals surface area contributed by atoms with E-state index < -0.39 is 35.7 Å². The lowest BCUT2D eigenvalue weighted by molar-refractivity contribution is -0.364. The molecule has 0 aliphatic carbocycles. The average Bonchev–Trinajstić information content (AvgIpc) is 3.03. The minimum Gasteiger partial charge on any atom is -0.451 e. The van der Waals surface area contributed by atoms with Gasteiger partial charge >= 0.3 is 24.1 Å². The molecule has 1 heterocycles. The standard InChI is InChI=1S/C17H10F7N3O2S/c18-9-5-7-10(8-6-9)29-15(16(19,20)21,17(22,23)24)27-13(28)26-14-25-11-3-1-2-4-12(11)30-14/h1-8H,(H2,25,26,27,28). The van der Waals surface area contributed by atoms with Gasteiger partial charge in [-0.3, -0.25) is 10.6 Å². The van der Waals surface area contributed by atoms with Gasteiger partial charge in [-0.05, 0) is 36.4 Å². The Kier molecular flexibility index (Phi) is 5.50. The summed E-state index contributed by atoms with van der Waals surface area (Å²) in [5, 5.41) is 2.43. The van der Waals surface area contributed by atoms with Crippen LogP contribution in [0.3, 0.4) is 0 Å². The molecule has 3 aromatic rings. The van der Waals surface area contributed by atoms with Gasteiger partial charge in [0.25, 0.3) is 0 Å². The van der Waals surface area contributed by atoms with Crippen molar-refractivity contribution in [1.82, 2.24) is 10.3 Å². The molecule has 2 amide bonds. The molecule has 0 radical (unpaired) electrons. The fraction of sp³-hybridized carbons (Fsp3) is 0.176. The number of benzene rings is 2. The van der Waals surface area contributed by atoms with Gasteiger partial charge in [-0.15, -0.1) is 0 Å². The maximum atomic E-state index is 13.5. The number of thiazole rings is 1. The van der Waals surface area contributed by atoms with Crippen LogP contribution in [0.4, 0.5) is 40.7 Å². The van der Waals surface area contributed by atoms with Crippen LogP contribution in [0.5, 0.6) is 5.75 Å². The van der Waals surface area contributed by atoms with E-state index in [2.05, 4.69) is 9.72 Å². The van der Waals surface area contributed by atoms with E-state index in [1.54, 1.807) is 24.3 Å². The van der Waals surface area contributed by atoms with Crippen molar-refractivity contribution >= 4 is 32.7 Å². The van der Waals surface area contributed by atoms with Crippen LogP contribution in [-0.2, 0) is 0 Å². The fourth-order valence-corrected chi connectivity index (χ4v) is 3.20. The lowest BCUT2D eigenvalue weighted by Crippen LogP contribution is -2.71. The van der Waals surface area contributed by atoms with Crippen molar-refractivity contribution in [3.8, 4) is 5.75 Å². The molecule has 0 aliphatic rings. The molecule has 0 bridgehead atoms. The third-order valence-corrected chi connectivity index (χ3v) is 4.64. The summed E-state index contributed by atoms with van der Waals surface area (Å²) in [5.41, 5.74) is -4.71. The molecule has 2 N–H and O–H groups in total. The number of alkyl halides is 6. The number of urea groups is 1. The number of ether oxygens (including phenoxy) is 1. The van der Waals surface area contributed by atoms with Crippen molar-refractivity contribution in [3.05, 3.63) is 54.3 Å². The second-order valence-corrected chi connectivity index (χ2v) is 6.83. The van der Waals surface area contributed by atoms with Crippen molar-refractivity contribution in [2.75, 3.05) is 5.32 Å². The molecule has 160 valence electrons. The molecule has 2 aromatic carbocycles. The molecule has 0 saturated carbocycles. The Morgan fingerprint density at radius 3 is 2.10 bits per heavy atom. The SMILES string of the molecule is O=C(Nc1nc2ccccc2s1)NC(Oc1ccc(F)cc1)(C(F)(F)F)C(F)(F)F. The van der Waals surface area contributed by atoms with E-state index >= 15 is 0 Å². The van der Waals surface area contributed by atoms with Crippen molar-refractivity contribution in [2.45, 2.75) is 18.1 Å². The van der Waals surface area contributed by atoms with Gasteiger partial charge < -0.3 is 4.74 Å². The highest BCUT2D eigenvalue weighted by atomic mass is 32.1. The molecule has 0 saturated heterocycles.